The van der Waals surface area contributed by atoms with Gasteiger partial charge in [-0.2, -0.15) is 10.4 Å². The van der Waals surface area contributed by atoms with Crippen LogP contribution in [0.5, 0.6) is 0 Å². The van der Waals surface area contributed by atoms with Crippen LogP contribution in [0.1, 0.15) is 49.6 Å². The highest BCUT2D eigenvalue weighted by Gasteiger charge is 2.54. The van der Waals surface area contributed by atoms with Crippen molar-refractivity contribution >= 4 is 22.6 Å². The first-order valence-corrected chi connectivity index (χ1v) is 12.7. The number of aryl methyl sites for hydroxylation is 1. The van der Waals surface area contributed by atoms with E-state index in [-0.39, 0.29) is 22.8 Å². The molecular formula is C29H32N6O. The molecule has 2 fully saturated rings. The van der Waals surface area contributed by atoms with Crippen molar-refractivity contribution in [3.8, 4) is 17.2 Å². The van der Waals surface area contributed by atoms with Crippen molar-refractivity contribution in [1.82, 2.24) is 20.1 Å². The van der Waals surface area contributed by atoms with Gasteiger partial charge in [-0.3, -0.25) is 9.89 Å². The van der Waals surface area contributed by atoms with E-state index in [1.807, 2.05) is 11.1 Å². The zero-order valence-corrected chi connectivity index (χ0v) is 21.5. The van der Waals surface area contributed by atoms with Gasteiger partial charge >= 0.3 is 0 Å². The molecule has 1 aromatic carbocycles. The van der Waals surface area contributed by atoms with Crippen molar-refractivity contribution in [2.75, 3.05) is 24.5 Å². The Hall–Kier alpha value is -3.66. The van der Waals surface area contributed by atoms with Crippen molar-refractivity contribution in [2.45, 2.75) is 53.0 Å². The van der Waals surface area contributed by atoms with Crippen LogP contribution in [0.2, 0.25) is 0 Å². The molecule has 6 rings (SSSR count). The van der Waals surface area contributed by atoms with E-state index in [4.69, 9.17) is 4.98 Å². The van der Waals surface area contributed by atoms with Crippen molar-refractivity contribution in [2.24, 2.45) is 10.8 Å². The third kappa shape index (κ3) is 3.13. The molecule has 2 aromatic heterocycles. The van der Waals surface area contributed by atoms with Crippen molar-refractivity contribution in [3.63, 3.8) is 0 Å². The van der Waals surface area contributed by atoms with Crippen LogP contribution in [0.25, 0.3) is 22.0 Å². The third-order valence-corrected chi connectivity index (χ3v) is 8.83. The lowest BCUT2D eigenvalue weighted by Crippen LogP contribution is -2.62. The summed E-state index contributed by atoms with van der Waals surface area (Å²) in [7, 11) is 0. The monoisotopic (exact) mass is 480 g/mol. The highest BCUT2D eigenvalue weighted by Crippen LogP contribution is 2.50. The number of nitrogens with one attached hydrogen (secondary N) is 1. The van der Waals surface area contributed by atoms with E-state index in [9.17, 15) is 10.1 Å². The summed E-state index contributed by atoms with van der Waals surface area (Å²) in [6, 6.07) is 6.93. The molecule has 0 bridgehead atoms. The number of anilines is 1. The van der Waals surface area contributed by atoms with E-state index in [2.05, 4.69) is 67.6 Å². The van der Waals surface area contributed by atoms with Crippen LogP contribution >= 0.6 is 0 Å². The van der Waals surface area contributed by atoms with Crippen LogP contribution in [0.4, 0.5) is 5.82 Å². The molecule has 1 atom stereocenters. The predicted octanol–water partition coefficient (Wildman–Crippen LogP) is 4.54. The Morgan fingerprint density at radius 3 is 2.78 bits per heavy atom. The van der Waals surface area contributed by atoms with Gasteiger partial charge in [-0.05, 0) is 67.4 Å². The zero-order chi connectivity index (χ0) is 25.4. The number of carbonyl (C=O) groups is 1. The summed E-state index contributed by atoms with van der Waals surface area (Å²) >= 11 is 0. The predicted molar refractivity (Wildman–Crippen MR) is 141 cm³/mol. The maximum atomic E-state index is 12.1. The number of hydrogen-bond acceptors (Lipinski definition) is 5. The molecule has 184 valence electrons. The quantitative estimate of drug-likeness (QED) is 0.556. The summed E-state index contributed by atoms with van der Waals surface area (Å²) < 4.78 is 0. The number of rotatable bonds is 3. The van der Waals surface area contributed by atoms with Crippen LogP contribution in [0.15, 0.2) is 31.0 Å². The second kappa shape index (κ2) is 7.67. The van der Waals surface area contributed by atoms with Gasteiger partial charge in [0.05, 0.1) is 11.7 Å². The van der Waals surface area contributed by atoms with E-state index in [1.165, 1.54) is 11.6 Å². The summed E-state index contributed by atoms with van der Waals surface area (Å²) in [5.41, 5.74) is 7.30. The molecule has 0 radical (unpaired) electrons. The van der Waals surface area contributed by atoms with E-state index in [1.54, 1.807) is 0 Å². The minimum absolute atomic E-state index is 0.00663. The first-order chi connectivity index (χ1) is 17.2. The molecule has 1 N–H and O–H groups in total. The van der Waals surface area contributed by atoms with Gasteiger partial charge in [0.25, 0.3) is 0 Å². The second-order valence-electron chi connectivity index (χ2n) is 11.7. The Kier molecular flexibility index (Phi) is 4.85. The van der Waals surface area contributed by atoms with Crippen LogP contribution in [-0.4, -0.2) is 51.7 Å². The van der Waals surface area contributed by atoms with E-state index >= 15 is 0 Å². The number of nitrogens with zero attached hydrogens (tertiary/aromatic N) is 5. The average Bonchev–Trinajstić information content (AvgIpc) is 3.50. The van der Waals surface area contributed by atoms with E-state index in [0.29, 0.717) is 5.56 Å². The summed E-state index contributed by atoms with van der Waals surface area (Å²) in [5, 5.41) is 19.1. The van der Waals surface area contributed by atoms with Crippen molar-refractivity contribution in [3.05, 3.63) is 53.4 Å². The van der Waals surface area contributed by atoms with Gasteiger partial charge in [0.2, 0.25) is 5.91 Å². The summed E-state index contributed by atoms with van der Waals surface area (Å²) in [6.07, 6.45) is 6.04. The zero-order valence-electron chi connectivity index (χ0n) is 21.5. The fourth-order valence-corrected chi connectivity index (χ4v) is 6.82. The Balaban J connectivity index is 1.52. The molecule has 7 heteroatoms. The van der Waals surface area contributed by atoms with Crippen LogP contribution in [0.3, 0.4) is 0 Å². The van der Waals surface area contributed by atoms with Crippen molar-refractivity contribution < 1.29 is 4.79 Å². The molecule has 3 aliphatic rings. The summed E-state index contributed by atoms with van der Waals surface area (Å²) in [6.45, 7) is 14.8. The molecule has 36 heavy (non-hydrogen) atoms. The number of aromatic nitrogens is 3. The lowest BCUT2D eigenvalue weighted by molar-refractivity contribution is -0.138. The topological polar surface area (TPSA) is 88.9 Å². The number of carbonyl (C=O) groups excluding carboxylic acids is 1. The lowest BCUT2D eigenvalue weighted by atomic mass is 9.74. The molecule has 2 saturated heterocycles. The maximum absolute atomic E-state index is 12.1. The molecule has 1 aliphatic carbocycles. The fraction of sp³-hybridized carbons (Fsp3) is 0.448. The molecule has 2 aliphatic heterocycles. The fourth-order valence-electron chi connectivity index (χ4n) is 6.82. The highest BCUT2D eigenvalue weighted by molar-refractivity contribution is 5.99. The van der Waals surface area contributed by atoms with E-state index in [0.717, 1.165) is 78.0 Å². The maximum Gasteiger partial charge on any atom is 0.245 e. The smallest absolute Gasteiger partial charge is 0.245 e. The van der Waals surface area contributed by atoms with Gasteiger partial charge in [-0.1, -0.05) is 26.5 Å². The number of pyridine rings is 1. The number of benzene rings is 1. The van der Waals surface area contributed by atoms with Gasteiger partial charge in [0.1, 0.15) is 17.5 Å². The standard InChI is InChI=1S/C29H32N6O/c1-6-24(36)34-15-29(16-34)9-10-35(18(29)3)27-20(13-30)26(19-11-28(4,5)12-23(19)32-27)25-17(2)7-8-22-21(25)14-31-33-22/h6-8,14,18H,1,9-12,15-16H2,2-5H3,(H,31,33)/t18-/m1/s1. The van der Waals surface area contributed by atoms with Crippen LogP contribution < -0.4 is 4.90 Å². The molecule has 1 amide bonds. The van der Waals surface area contributed by atoms with Gasteiger partial charge < -0.3 is 9.80 Å². The average molecular weight is 481 g/mol. The van der Waals surface area contributed by atoms with Gasteiger partial charge in [0, 0.05) is 47.7 Å². The molecule has 3 aromatic rings. The van der Waals surface area contributed by atoms with Gasteiger partial charge in [-0.25, -0.2) is 4.98 Å². The Bertz CT molecular complexity index is 1470. The van der Waals surface area contributed by atoms with Crippen LogP contribution in [-0.2, 0) is 17.6 Å². The van der Waals surface area contributed by atoms with Gasteiger partial charge in [0.15, 0.2) is 0 Å². The third-order valence-electron chi connectivity index (χ3n) is 8.83. The first kappa shape index (κ1) is 22.8. The van der Waals surface area contributed by atoms with Crippen LogP contribution in [0, 0.1) is 29.1 Å². The molecular weight excluding hydrogens is 448 g/mol. The number of amides is 1. The molecule has 4 heterocycles. The number of likely N-dealkylation sites (tertiary alicyclic amines) is 1. The van der Waals surface area contributed by atoms with Crippen molar-refractivity contribution in [1.29, 1.82) is 5.26 Å². The van der Waals surface area contributed by atoms with E-state index < -0.39 is 0 Å². The Morgan fingerprint density at radius 1 is 1.28 bits per heavy atom. The first-order valence-electron chi connectivity index (χ1n) is 12.7. The normalized spacial score (nSPS) is 21.5. The minimum atomic E-state index is -0.00663. The SMILES string of the molecule is C=CC(=O)N1CC2(CCN(c3nc4c(c(-c5c(C)ccc6[nH]ncc56)c3C#N)CC(C)(C)C4)[C@@H]2C)C1. The Morgan fingerprint density at radius 2 is 2.06 bits per heavy atom. The minimum Gasteiger partial charge on any atom is -0.352 e. The molecule has 7 nitrogen and oxygen atoms in total. The number of aromatic amines is 1. The largest absolute Gasteiger partial charge is 0.352 e. The summed E-state index contributed by atoms with van der Waals surface area (Å²) in [5.74, 6) is 0.787. The second-order valence-corrected chi connectivity index (χ2v) is 11.7. The van der Waals surface area contributed by atoms with Gasteiger partial charge in [-0.15, -0.1) is 0 Å². The number of fused-ring (bicyclic) bond motifs is 2. The number of nitriles is 1. The molecule has 0 unspecified atom stereocenters. The number of hydrogen-bond donors (Lipinski definition) is 1. The number of H-pyrrole nitrogens is 1. The summed E-state index contributed by atoms with van der Waals surface area (Å²) in [4.78, 5) is 21.5. The lowest BCUT2D eigenvalue weighted by Gasteiger charge is -2.51. The highest BCUT2D eigenvalue weighted by atomic mass is 16.2. The molecule has 1 spiro atoms. The molecule has 0 saturated carbocycles. The Labute approximate surface area is 211 Å².